The predicted octanol–water partition coefficient (Wildman–Crippen LogP) is 5.21. The van der Waals surface area contributed by atoms with Crippen LogP contribution in [0.1, 0.15) is 6.92 Å². The summed E-state index contributed by atoms with van der Waals surface area (Å²) < 4.78 is 22.2. The average Bonchev–Trinajstić information content (AvgIpc) is 3.35. The number of nitrogens with one attached hydrogen (secondary N) is 1. The SMILES string of the molecule is CCOc1cccc2cc(-c3nnc(NC(=O)COc4ccc(Cl)cc4Cl)o3)oc12. The van der Waals surface area contributed by atoms with Crippen LogP contribution < -0.4 is 14.8 Å². The van der Waals surface area contributed by atoms with Gasteiger partial charge in [0.2, 0.25) is 0 Å². The van der Waals surface area contributed by atoms with Crippen molar-refractivity contribution in [2.24, 2.45) is 0 Å². The first kappa shape index (κ1) is 20.1. The van der Waals surface area contributed by atoms with E-state index in [1.165, 1.54) is 6.07 Å². The molecule has 4 rings (SSSR count). The fourth-order valence-corrected chi connectivity index (χ4v) is 3.14. The number of benzene rings is 2. The minimum absolute atomic E-state index is 0.0914. The van der Waals surface area contributed by atoms with Gasteiger partial charge in [0, 0.05) is 10.4 Å². The molecule has 0 aliphatic rings. The fourth-order valence-electron chi connectivity index (χ4n) is 2.68. The van der Waals surface area contributed by atoms with E-state index in [1.807, 2.05) is 25.1 Å². The molecule has 4 aromatic rings. The Bertz CT molecular complexity index is 1200. The van der Waals surface area contributed by atoms with E-state index in [1.54, 1.807) is 18.2 Å². The molecule has 0 fully saturated rings. The van der Waals surface area contributed by atoms with E-state index in [9.17, 15) is 4.79 Å². The summed E-state index contributed by atoms with van der Waals surface area (Å²) in [6.45, 7) is 2.09. The predicted molar refractivity (Wildman–Crippen MR) is 111 cm³/mol. The molecule has 2 heterocycles. The van der Waals surface area contributed by atoms with Crippen LogP contribution in [0.3, 0.4) is 0 Å². The average molecular weight is 448 g/mol. The molecule has 0 saturated carbocycles. The van der Waals surface area contributed by atoms with Crippen LogP contribution in [-0.2, 0) is 4.79 Å². The van der Waals surface area contributed by atoms with Gasteiger partial charge in [-0.05, 0) is 37.3 Å². The Balaban J connectivity index is 1.43. The van der Waals surface area contributed by atoms with Gasteiger partial charge in [-0.1, -0.05) is 40.4 Å². The molecule has 10 heteroatoms. The number of rotatable bonds is 7. The smallest absolute Gasteiger partial charge is 0.322 e. The molecule has 0 saturated heterocycles. The maximum absolute atomic E-state index is 12.1. The lowest BCUT2D eigenvalue weighted by Crippen LogP contribution is -2.20. The van der Waals surface area contributed by atoms with Gasteiger partial charge in [0.1, 0.15) is 5.75 Å². The van der Waals surface area contributed by atoms with Gasteiger partial charge >= 0.3 is 6.01 Å². The second-order valence-corrected chi connectivity index (χ2v) is 6.89. The summed E-state index contributed by atoms with van der Waals surface area (Å²) in [5.74, 6) is 0.918. The first-order chi connectivity index (χ1) is 14.5. The Hall–Kier alpha value is -3.23. The largest absolute Gasteiger partial charge is 0.490 e. The van der Waals surface area contributed by atoms with Crippen molar-refractivity contribution in [2.45, 2.75) is 6.92 Å². The third-order valence-electron chi connectivity index (χ3n) is 3.94. The van der Waals surface area contributed by atoms with Gasteiger partial charge in [0.15, 0.2) is 23.7 Å². The highest BCUT2D eigenvalue weighted by molar-refractivity contribution is 6.35. The number of aromatic nitrogens is 2. The fraction of sp³-hybridized carbons (Fsp3) is 0.150. The molecule has 0 aliphatic heterocycles. The van der Waals surface area contributed by atoms with E-state index in [4.69, 9.17) is 41.5 Å². The van der Waals surface area contributed by atoms with Crippen LogP contribution in [0.5, 0.6) is 11.5 Å². The summed E-state index contributed by atoms with van der Waals surface area (Å²) in [6.07, 6.45) is 0. The molecular weight excluding hydrogens is 433 g/mol. The van der Waals surface area contributed by atoms with Gasteiger partial charge in [-0.2, -0.15) is 0 Å². The summed E-state index contributed by atoms with van der Waals surface area (Å²) in [4.78, 5) is 12.1. The molecular formula is C20H15Cl2N3O5. The number of hydrogen-bond donors (Lipinski definition) is 1. The third-order valence-corrected chi connectivity index (χ3v) is 4.47. The Kier molecular flexibility index (Phi) is 5.78. The zero-order valence-electron chi connectivity index (χ0n) is 15.6. The van der Waals surface area contributed by atoms with Crippen LogP contribution in [0.15, 0.2) is 51.3 Å². The topological polar surface area (TPSA) is 99.6 Å². The van der Waals surface area contributed by atoms with E-state index < -0.39 is 5.91 Å². The lowest BCUT2D eigenvalue weighted by Gasteiger charge is -2.07. The molecule has 2 aromatic carbocycles. The zero-order chi connectivity index (χ0) is 21.1. The van der Waals surface area contributed by atoms with Crippen molar-refractivity contribution in [3.63, 3.8) is 0 Å². The van der Waals surface area contributed by atoms with Crippen LogP contribution in [-0.4, -0.2) is 29.3 Å². The number of anilines is 1. The van der Waals surface area contributed by atoms with Crippen LogP contribution in [0.25, 0.3) is 22.6 Å². The van der Waals surface area contributed by atoms with Crippen LogP contribution in [0.2, 0.25) is 10.0 Å². The molecule has 0 unspecified atom stereocenters. The number of carbonyl (C=O) groups is 1. The molecule has 0 radical (unpaired) electrons. The summed E-state index contributed by atoms with van der Waals surface area (Å²) in [6, 6.07) is 11.9. The molecule has 0 bridgehead atoms. The van der Waals surface area contributed by atoms with Gasteiger partial charge in [-0.25, -0.2) is 0 Å². The summed E-state index contributed by atoms with van der Waals surface area (Å²) >= 11 is 11.8. The normalized spacial score (nSPS) is 10.9. The highest BCUT2D eigenvalue weighted by Crippen LogP contribution is 2.33. The second kappa shape index (κ2) is 8.64. The number of hydrogen-bond acceptors (Lipinski definition) is 7. The molecule has 0 spiro atoms. The molecule has 0 atom stereocenters. The van der Waals surface area contributed by atoms with Gasteiger partial charge in [-0.15, -0.1) is 5.10 Å². The van der Waals surface area contributed by atoms with Crippen molar-refractivity contribution in [1.29, 1.82) is 0 Å². The minimum Gasteiger partial charge on any atom is -0.490 e. The van der Waals surface area contributed by atoms with Gasteiger partial charge in [0.05, 0.1) is 11.6 Å². The Morgan fingerprint density at radius 2 is 1.93 bits per heavy atom. The molecule has 154 valence electrons. The maximum Gasteiger partial charge on any atom is 0.322 e. The maximum atomic E-state index is 12.1. The number of fused-ring (bicyclic) bond motifs is 1. The lowest BCUT2D eigenvalue weighted by atomic mass is 10.2. The lowest BCUT2D eigenvalue weighted by molar-refractivity contribution is -0.118. The number of furan rings is 1. The molecule has 30 heavy (non-hydrogen) atoms. The van der Waals surface area contributed by atoms with Crippen LogP contribution in [0.4, 0.5) is 6.01 Å². The van der Waals surface area contributed by atoms with Crippen molar-refractivity contribution in [2.75, 3.05) is 18.5 Å². The molecule has 1 amide bonds. The van der Waals surface area contributed by atoms with Crippen molar-refractivity contribution in [3.8, 4) is 23.1 Å². The van der Waals surface area contributed by atoms with Crippen molar-refractivity contribution >= 4 is 46.1 Å². The molecule has 8 nitrogen and oxygen atoms in total. The highest BCUT2D eigenvalue weighted by Gasteiger charge is 2.17. The Morgan fingerprint density at radius 3 is 2.73 bits per heavy atom. The van der Waals surface area contributed by atoms with E-state index in [-0.39, 0.29) is 18.5 Å². The van der Waals surface area contributed by atoms with Crippen molar-refractivity contribution in [1.82, 2.24) is 10.2 Å². The number of ether oxygens (including phenoxy) is 2. The minimum atomic E-state index is -0.501. The highest BCUT2D eigenvalue weighted by atomic mass is 35.5. The van der Waals surface area contributed by atoms with E-state index in [0.717, 1.165) is 5.39 Å². The summed E-state index contributed by atoms with van der Waals surface area (Å²) in [7, 11) is 0. The first-order valence-corrected chi connectivity index (χ1v) is 9.66. The zero-order valence-corrected chi connectivity index (χ0v) is 17.2. The number of nitrogens with zero attached hydrogens (tertiary/aromatic N) is 2. The number of carbonyl (C=O) groups excluding carboxylic acids is 1. The number of amides is 1. The summed E-state index contributed by atoms with van der Waals surface area (Å²) in [5.41, 5.74) is 0.575. The standard InChI is InChI=1S/C20H15Cl2N3O5/c1-2-27-15-5-3-4-11-8-16(29-18(11)15)19-24-25-20(30-19)23-17(26)10-28-14-7-6-12(21)9-13(14)22/h3-9H,2,10H2,1H3,(H,23,25,26). The molecule has 2 aromatic heterocycles. The van der Waals surface area contributed by atoms with E-state index in [2.05, 4.69) is 15.5 Å². The number of halogens is 2. The first-order valence-electron chi connectivity index (χ1n) is 8.90. The van der Waals surface area contributed by atoms with Crippen LogP contribution in [0, 0.1) is 0 Å². The van der Waals surface area contributed by atoms with Gasteiger partial charge < -0.3 is 18.3 Å². The Morgan fingerprint density at radius 1 is 1.07 bits per heavy atom. The molecule has 0 aliphatic carbocycles. The van der Waals surface area contributed by atoms with Gasteiger partial charge in [-0.3, -0.25) is 10.1 Å². The summed E-state index contributed by atoms with van der Waals surface area (Å²) in [5, 5.41) is 11.8. The van der Waals surface area contributed by atoms with E-state index >= 15 is 0 Å². The Labute approximate surface area is 180 Å². The number of para-hydroxylation sites is 1. The van der Waals surface area contributed by atoms with Crippen LogP contribution >= 0.6 is 23.2 Å². The van der Waals surface area contributed by atoms with Gasteiger partial charge in [0.25, 0.3) is 11.8 Å². The quantitative estimate of drug-likeness (QED) is 0.415. The third kappa shape index (κ3) is 4.34. The van der Waals surface area contributed by atoms with Crippen molar-refractivity contribution in [3.05, 3.63) is 52.5 Å². The van der Waals surface area contributed by atoms with Crippen molar-refractivity contribution < 1.29 is 23.1 Å². The van der Waals surface area contributed by atoms with E-state index in [0.29, 0.717) is 39.5 Å². The monoisotopic (exact) mass is 447 g/mol. The molecule has 1 N–H and O–H groups in total. The second-order valence-electron chi connectivity index (χ2n) is 6.04.